The van der Waals surface area contributed by atoms with Crippen LogP contribution in [0.3, 0.4) is 0 Å². The molecule has 1 aromatic rings. The zero-order valence-corrected chi connectivity index (χ0v) is 13.1. The summed E-state index contributed by atoms with van der Waals surface area (Å²) < 4.78 is 31.6. The first-order valence-electron chi connectivity index (χ1n) is 6.57. The van der Waals surface area contributed by atoms with E-state index in [4.69, 9.17) is 23.6 Å². The molecule has 0 bridgehead atoms. The van der Waals surface area contributed by atoms with Crippen molar-refractivity contribution in [1.82, 2.24) is 0 Å². The summed E-state index contributed by atoms with van der Waals surface area (Å²) in [7, 11) is -2.15. The topological polar surface area (TPSA) is 115 Å². The van der Waals surface area contributed by atoms with Crippen LogP contribution < -0.4 is 9.47 Å². The molecule has 0 spiro atoms. The highest BCUT2D eigenvalue weighted by molar-refractivity contribution is 7.51. The summed E-state index contributed by atoms with van der Waals surface area (Å²) in [4.78, 5) is 9.07. The Hall–Kier alpha value is -1.15. The molecule has 0 saturated carbocycles. The predicted octanol–water partition coefficient (Wildman–Crippen LogP) is 0.352. The van der Waals surface area contributed by atoms with E-state index in [1.807, 2.05) is 0 Å². The van der Waals surface area contributed by atoms with Crippen molar-refractivity contribution in [3.8, 4) is 11.5 Å². The van der Waals surface area contributed by atoms with E-state index in [1.54, 1.807) is 24.3 Å². The third-order valence-electron chi connectivity index (χ3n) is 3.11. The molecule has 1 heterocycles. The average molecular weight is 334 g/mol. The Balaban J connectivity index is 1.95. The van der Waals surface area contributed by atoms with Crippen LogP contribution >= 0.6 is 7.60 Å². The summed E-state index contributed by atoms with van der Waals surface area (Å²) in [5.41, 5.74) is 0. The maximum Gasteiger partial charge on any atom is 0.325 e. The van der Waals surface area contributed by atoms with Gasteiger partial charge >= 0.3 is 7.60 Å². The monoisotopic (exact) mass is 334 g/mol. The molecule has 1 saturated heterocycles. The second kappa shape index (κ2) is 6.95. The minimum atomic E-state index is -3.69. The minimum Gasteiger partial charge on any atom is -0.497 e. The highest BCUT2D eigenvalue weighted by atomic mass is 31.2. The number of benzene rings is 1. The van der Waals surface area contributed by atoms with Gasteiger partial charge in [-0.3, -0.25) is 4.57 Å². The molecule has 9 heteroatoms. The molecule has 1 unspecified atom stereocenters. The van der Waals surface area contributed by atoms with E-state index in [0.717, 1.165) is 6.66 Å². The first kappa shape index (κ1) is 17.2. The lowest BCUT2D eigenvalue weighted by Crippen LogP contribution is -2.35. The van der Waals surface area contributed by atoms with Crippen LogP contribution in [0.4, 0.5) is 0 Å². The third kappa shape index (κ3) is 4.42. The highest BCUT2D eigenvalue weighted by Crippen LogP contribution is 2.38. The van der Waals surface area contributed by atoms with Gasteiger partial charge in [0.2, 0.25) is 6.29 Å². The second-order valence-electron chi connectivity index (χ2n) is 4.92. The van der Waals surface area contributed by atoms with E-state index in [9.17, 15) is 14.8 Å². The summed E-state index contributed by atoms with van der Waals surface area (Å²) in [5.74, 6) is 1.06. The molecule has 8 nitrogen and oxygen atoms in total. The van der Waals surface area contributed by atoms with Crippen LogP contribution in [-0.2, 0) is 13.8 Å². The lowest BCUT2D eigenvalue weighted by atomic mass is 10.1. The Morgan fingerprint density at radius 3 is 2.32 bits per heavy atom. The van der Waals surface area contributed by atoms with Gasteiger partial charge in [0, 0.05) is 6.66 Å². The number of ether oxygens (including phenoxy) is 3. The summed E-state index contributed by atoms with van der Waals surface area (Å²) in [6, 6.07) is 6.60. The largest absolute Gasteiger partial charge is 0.497 e. The quantitative estimate of drug-likeness (QED) is 0.639. The van der Waals surface area contributed by atoms with E-state index in [2.05, 4.69) is 0 Å². The van der Waals surface area contributed by atoms with Crippen LogP contribution in [0.25, 0.3) is 0 Å². The highest BCUT2D eigenvalue weighted by Gasteiger charge is 2.44. The maximum atomic E-state index is 11.1. The van der Waals surface area contributed by atoms with Gasteiger partial charge in [-0.2, -0.15) is 0 Å². The van der Waals surface area contributed by atoms with Crippen LogP contribution in [0, 0.1) is 0 Å². The number of aliphatic hydroxyl groups is 2. The number of aliphatic hydroxyl groups excluding tert-OH is 2. The molecule has 22 heavy (non-hydrogen) atoms. The molecule has 2 rings (SSSR count). The number of hydrogen-bond donors (Lipinski definition) is 3. The molecule has 1 aromatic carbocycles. The van der Waals surface area contributed by atoms with E-state index in [1.165, 1.54) is 7.11 Å². The minimum absolute atomic E-state index is 0.328. The second-order valence-corrected chi connectivity index (χ2v) is 6.78. The van der Waals surface area contributed by atoms with Gasteiger partial charge in [0.25, 0.3) is 0 Å². The van der Waals surface area contributed by atoms with Crippen LogP contribution in [0.5, 0.6) is 11.5 Å². The summed E-state index contributed by atoms with van der Waals surface area (Å²) in [6.45, 7) is 0.696. The molecular formula is C13H19O8P. The molecule has 0 aromatic heterocycles. The molecule has 0 amide bonds. The molecule has 1 aliphatic heterocycles. The van der Waals surface area contributed by atoms with Gasteiger partial charge in [-0.15, -0.1) is 0 Å². The van der Waals surface area contributed by atoms with Crippen molar-refractivity contribution < 1.29 is 38.4 Å². The van der Waals surface area contributed by atoms with Gasteiger partial charge in [0.05, 0.1) is 13.7 Å². The predicted molar refractivity (Wildman–Crippen MR) is 76.0 cm³/mol. The first-order valence-corrected chi connectivity index (χ1v) is 8.60. The van der Waals surface area contributed by atoms with E-state index < -0.39 is 32.2 Å². The van der Waals surface area contributed by atoms with Gasteiger partial charge in [0.1, 0.15) is 29.8 Å². The Labute approximate surface area is 127 Å². The Bertz CT molecular complexity index is 527. The van der Waals surface area contributed by atoms with E-state index in [0.29, 0.717) is 11.5 Å². The SMILES string of the molecule is COc1ccc(O[C@@H]2O[C@H](COP(C)(=O)O)[C@@H](O)[C@H]2O)cc1. The van der Waals surface area contributed by atoms with Crippen LogP contribution in [0.1, 0.15) is 0 Å². The zero-order valence-electron chi connectivity index (χ0n) is 12.2. The Kier molecular flexibility index (Phi) is 5.44. The molecule has 0 aliphatic carbocycles. The third-order valence-corrected chi connectivity index (χ3v) is 3.74. The van der Waals surface area contributed by atoms with E-state index in [-0.39, 0.29) is 6.61 Å². The molecule has 124 valence electrons. The van der Waals surface area contributed by atoms with Gasteiger partial charge in [-0.25, -0.2) is 0 Å². The summed E-state index contributed by atoms with van der Waals surface area (Å²) in [5, 5.41) is 19.8. The van der Waals surface area contributed by atoms with Gasteiger partial charge < -0.3 is 33.8 Å². The standard InChI is InChI=1S/C13H19O8P/c1-18-8-3-5-9(6-4-8)20-13-12(15)11(14)10(21-13)7-19-22(2,16)17/h3-6,10-15H,7H2,1-2H3,(H,16,17)/t10-,11-,12-,13-/m1/s1. The van der Waals surface area contributed by atoms with Crippen molar-refractivity contribution in [3.05, 3.63) is 24.3 Å². The average Bonchev–Trinajstić information content (AvgIpc) is 2.73. The van der Waals surface area contributed by atoms with Crippen molar-refractivity contribution in [2.24, 2.45) is 0 Å². The van der Waals surface area contributed by atoms with Gasteiger partial charge in [-0.05, 0) is 24.3 Å². The smallest absolute Gasteiger partial charge is 0.325 e. The van der Waals surface area contributed by atoms with Crippen LogP contribution in [0.15, 0.2) is 24.3 Å². The fraction of sp³-hybridized carbons (Fsp3) is 0.538. The molecule has 1 fully saturated rings. The first-order chi connectivity index (χ1) is 10.3. The van der Waals surface area contributed by atoms with Crippen LogP contribution in [-0.4, -0.2) is 60.1 Å². The Morgan fingerprint density at radius 2 is 1.77 bits per heavy atom. The number of hydrogen-bond acceptors (Lipinski definition) is 7. The summed E-state index contributed by atoms with van der Waals surface area (Å²) in [6.07, 6.45) is -4.65. The number of methoxy groups -OCH3 is 1. The van der Waals surface area contributed by atoms with Crippen molar-refractivity contribution in [3.63, 3.8) is 0 Å². The fourth-order valence-electron chi connectivity index (χ4n) is 1.95. The summed E-state index contributed by atoms with van der Waals surface area (Å²) >= 11 is 0. The fourth-order valence-corrected chi connectivity index (χ4v) is 2.37. The van der Waals surface area contributed by atoms with Gasteiger partial charge in [-0.1, -0.05) is 0 Å². The maximum absolute atomic E-state index is 11.1. The van der Waals surface area contributed by atoms with Crippen LogP contribution in [0.2, 0.25) is 0 Å². The van der Waals surface area contributed by atoms with Crippen molar-refractivity contribution in [2.45, 2.75) is 24.6 Å². The molecule has 5 atom stereocenters. The van der Waals surface area contributed by atoms with Crippen molar-refractivity contribution in [2.75, 3.05) is 20.4 Å². The van der Waals surface area contributed by atoms with Crippen molar-refractivity contribution in [1.29, 1.82) is 0 Å². The van der Waals surface area contributed by atoms with Gasteiger partial charge in [0.15, 0.2) is 0 Å². The molecular weight excluding hydrogens is 315 g/mol. The normalized spacial score (nSPS) is 30.8. The van der Waals surface area contributed by atoms with E-state index >= 15 is 0 Å². The lowest BCUT2D eigenvalue weighted by molar-refractivity contribution is -0.115. The lowest BCUT2D eigenvalue weighted by Gasteiger charge is -2.17. The number of rotatable bonds is 6. The molecule has 1 aliphatic rings. The molecule has 0 radical (unpaired) electrons. The Morgan fingerprint density at radius 1 is 1.18 bits per heavy atom. The van der Waals surface area contributed by atoms with Crippen molar-refractivity contribution >= 4 is 7.60 Å². The zero-order chi connectivity index (χ0) is 16.3. The molecule has 3 N–H and O–H groups in total.